The number of aromatic hydroxyl groups is 1. The third-order valence-corrected chi connectivity index (χ3v) is 2.90. The van der Waals surface area contributed by atoms with Gasteiger partial charge in [-0.05, 0) is 42.5 Å². The Kier molecular flexibility index (Phi) is 4.60. The van der Waals surface area contributed by atoms with Crippen molar-refractivity contribution in [3.05, 3.63) is 64.7 Å². The maximum absolute atomic E-state index is 12.5. The molecule has 0 saturated heterocycles. The van der Waals surface area contributed by atoms with E-state index in [4.69, 9.17) is 0 Å². The largest absolute Gasteiger partial charge is 0.508 e. The molecule has 23 heavy (non-hydrogen) atoms. The minimum Gasteiger partial charge on any atom is -0.508 e. The molecule has 6 heteroatoms. The number of ether oxygens (including phenoxy) is 1. The van der Waals surface area contributed by atoms with Crippen LogP contribution >= 0.6 is 0 Å². The van der Waals surface area contributed by atoms with Crippen molar-refractivity contribution in [3.63, 3.8) is 0 Å². The molecule has 0 atom stereocenters. The van der Waals surface area contributed by atoms with Crippen molar-refractivity contribution < 1.29 is 27.8 Å². The SMILES string of the molecule is COC(=O)c1cc(O)cc(C#Cc2ccc(C(F)(F)F)cc2)c1. The molecule has 0 heterocycles. The molecule has 2 aromatic rings. The number of methoxy groups -OCH3 is 1. The lowest BCUT2D eigenvalue weighted by atomic mass is 10.1. The van der Waals surface area contributed by atoms with Gasteiger partial charge in [0, 0.05) is 11.1 Å². The van der Waals surface area contributed by atoms with Crippen molar-refractivity contribution in [3.8, 4) is 17.6 Å². The molecule has 0 aromatic heterocycles. The van der Waals surface area contributed by atoms with Gasteiger partial charge in [0.15, 0.2) is 0 Å². The van der Waals surface area contributed by atoms with E-state index in [1.54, 1.807) is 0 Å². The lowest BCUT2D eigenvalue weighted by Gasteiger charge is -2.05. The van der Waals surface area contributed by atoms with E-state index >= 15 is 0 Å². The number of benzene rings is 2. The number of carbonyl (C=O) groups excluding carboxylic acids is 1. The van der Waals surface area contributed by atoms with Crippen molar-refractivity contribution in [2.45, 2.75) is 6.18 Å². The van der Waals surface area contributed by atoms with E-state index < -0.39 is 17.7 Å². The van der Waals surface area contributed by atoms with Gasteiger partial charge in [-0.15, -0.1) is 0 Å². The summed E-state index contributed by atoms with van der Waals surface area (Å²) in [6, 6.07) is 8.36. The molecule has 0 aliphatic heterocycles. The summed E-state index contributed by atoms with van der Waals surface area (Å²) in [5.41, 5.74) is 0.0869. The highest BCUT2D eigenvalue weighted by Crippen LogP contribution is 2.29. The van der Waals surface area contributed by atoms with E-state index in [0.717, 1.165) is 12.1 Å². The molecule has 1 N–H and O–H groups in total. The third kappa shape index (κ3) is 4.27. The number of alkyl halides is 3. The first-order valence-corrected chi connectivity index (χ1v) is 6.41. The zero-order valence-electron chi connectivity index (χ0n) is 11.9. The van der Waals surface area contributed by atoms with Gasteiger partial charge in [-0.1, -0.05) is 11.8 Å². The first-order chi connectivity index (χ1) is 10.8. The Labute approximate surface area is 130 Å². The minimum atomic E-state index is -4.40. The molecule has 0 spiro atoms. The molecule has 0 unspecified atom stereocenters. The molecule has 0 aliphatic carbocycles. The summed E-state index contributed by atoms with van der Waals surface area (Å²) >= 11 is 0. The lowest BCUT2D eigenvalue weighted by Crippen LogP contribution is -2.04. The Balaban J connectivity index is 2.28. The molecule has 0 aliphatic rings. The van der Waals surface area contributed by atoms with Crippen molar-refractivity contribution in [1.82, 2.24) is 0 Å². The summed E-state index contributed by atoms with van der Waals surface area (Å²) in [7, 11) is 1.21. The Morgan fingerprint density at radius 3 is 2.22 bits per heavy atom. The van der Waals surface area contributed by atoms with Crippen LogP contribution in [0.15, 0.2) is 42.5 Å². The van der Waals surface area contributed by atoms with Gasteiger partial charge < -0.3 is 9.84 Å². The maximum atomic E-state index is 12.5. The highest BCUT2D eigenvalue weighted by molar-refractivity contribution is 5.90. The van der Waals surface area contributed by atoms with Crippen LogP contribution in [0.3, 0.4) is 0 Å². The molecule has 2 rings (SSSR count). The first kappa shape index (κ1) is 16.4. The van der Waals surface area contributed by atoms with Crippen molar-refractivity contribution >= 4 is 5.97 Å². The molecule has 0 amide bonds. The second-order valence-electron chi connectivity index (χ2n) is 4.59. The fraction of sp³-hybridized carbons (Fsp3) is 0.118. The monoisotopic (exact) mass is 320 g/mol. The van der Waals surface area contributed by atoms with Crippen molar-refractivity contribution in [2.24, 2.45) is 0 Å². The van der Waals surface area contributed by atoms with Crippen LogP contribution < -0.4 is 0 Å². The standard InChI is InChI=1S/C17H11F3O3/c1-23-16(22)13-8-12(9-15(21)10-13)3-2-11-4-6-14(7-5-11)17(18,19)20/h4-10,21H,1H3. The van der Waals surface area contributed by atoms with Gasteiger partial charge in [0.2, 0.25) is 0 Å². The zero-order chi connectivity index (χ0) is 17.0. The number of hydrogen-bond acceptors (Lipinski definition) is 3. The fourth-order valence-electron chi connectivity index (χ4n) is 1.81. The average molecular weight is 320 g/mol. The van der Waals surface area contributed by atoms with Crippen molar-refractivity contribution in [1.29, 1.82) is 0 Å². The number of hydrogen-bond donors (Lipinski definition) is 1. The van der Waals surface area contributed by atoms with Gasteiger partial charge in [-0.2, -0.15) is 13.2 Å². The van der Waals surface area contributed by atoms with Crippen LogP contribution in [-0.2, 0) is 10.9 Å². The van der Waals surface area contributed by atoms with E-state index in [9.17, 15) is 23.1 Å². The number of carbonyl (C=O) groups is 1. The van der Waals surface area contributed by atoms with E-state index in [2.05, 4.69) is 16.6 Å². The number of phenols is 1. The summed E-state index contributed by atoms with van der Waals surface area (Å²) in [6.45, 7) is 0. The smallest absolute Gasteiger partial charge is 0.416 e. The molecule has 3 nitrogen and oxygen atoms in total. The summed E-state index contributed by atoms with van der Waals surface area (Å²) in [4.78, 5) is 11.4. The van der Waals surface area contributed by atoms with Gasteiger partial charge >= 0.3 is 12.1 Å². The molecule has 0 radical (unpaired) electrons. The van der Waals surface area contributed by atoms with Crippen LogP contribution in [-0.4, -0.2) is 18.2 Å². The second-order valence-corrected chi connectivity index (χ2v) is 4.59. The molecular weight excluding hydrogens is 309 g/mol. The number of halogens is 3. The normalized spacial score (nSPS) is 10.6. The zero-order valence-corrected chi connectivity index (χ0v) is 11.9. The van der Waals surface area contributed by atoms with E-state index in [1.807, 2.05) is 0 Å². The number of phenolic OH excluding ortho intramolecular Hbond substituents is 1. The van der Waals surface area contributed by atoms with Gasteiger partial charge in [0.05, 0.1) is 18.2 Å². The van der Waals surface area contributed by atoms with E-state index in [-0.39, 0.29) is 11.3 Å². The Morgan fingerprint density at radius 1 is 1.04 bits per heavy atom. The second kappa shape index (κ2) is 6.44. The molecule has 0 fully saturated rings. The van der Waals surface area contributed by atoms with Gasteiger partial charge in [0.1, 0.15) is 5.75 Å². The molecule has 0 bridgehead atoms. The quantitative estimate of drug-likeness (QED) is 0.645. The summed E-state index contributed by atoms with van der Waals surface area (Å²) < 4.78 is 41.9. The van der Waals surface area contributed by atoms with Crippen LogP contribution in [0.1, 0.15) is 27.0 Å². The summed E-state index contributed by atoms with van der Waals surface area (Å²) in [6.07, 6.45) is -4.40. The minimum absolute atomic E-state index is 0.129. The number of rotatable bonds is 1. The van der Waals surface area contributed by atoms with Crippen molar-refractivity contribution in [2.75, 3.05) is 7.11 Å². The topological polar surface area (TPSA) is 46.5 Å². The third-order valence-electron chi connectivity index (χ3n) is 2.90. The molecule has 2 aromatic carbocycles. The highest BCUT2D eigenvalue weighted by atomic mass is 19.4. The van der Waals surface area contributed by atoms with E-state index in [0.29, 0.717) is 11.1 Å². The van der Waals surface area contributed by atoms with Gasteiger partial charge in [-0.25, -0.2) is 4.79 Å². The van der Waals surface area contributed by atoms with Crippen LogP contribution in [0.25, 0.3) is 0 Å². The van der Waals surface area contributed by atoms with Crippen LogP contribution in [0.5, 0.6) is 5.75 Å². The predicted octanol–water partition coefficient (Wildman–Crippen LogP) is 3.60. The molecule has 118 valence electrons. The average Bonchev–Trinajstić information content (AvgIpc) is 2.51. The number of esters is 1. The van der Waals surface area contributed by atoms with Crippen LogP contribution in [0.2, 0.25) is 0 Å². The summed E-state index contributed by atoms with van der Waals surface area (Å²) in [5.74, 6) is 4.56. The first-order valence-electron chi connectivity index (χ1n) is 6.41. The molecular formula is C17H11F3O3. The Hall–Kier alpha value is -2.94. The fourth-order valence-corrected chi connectivity index (χ4v) is 1.81. The Bertz CT molecular complexity index is 781. The lowest BCUT2D eigenvalue weighted by molar-refractivity contribution is -0.137. The Morgan fingerprint density at radius 2 is 1.65 bits per heavy atom. The van der Waals surface area contributed by atoms with Gasteiger partial charge in [-0.3, -0.25) is 0 Å². The predicted molar refractivity (Wildman–Crippen MR) is 76.9 cm³/mol. The van der Waals surface area contributed by atoms with Gasteiger partial charge in [0.25, 0.3) is 0 Å². The maximum Gasteiger partial charge on any atom is 0.416 e. The van der Waals surface area contributed by atoms with E-state index in [1.165, 1.54) is 37.4 Å². The summed E-state index contributed by atoms with van der Waals surface area (Å²) in [5, 5.41) is 9.56. The van der Waals surface area contributed by atoms with Crippen LogP contribution in [0, 0.1) is 11.8 Å². The highest BCUT2D eigenvalue weighted by Gasteiger charge is 2.29. The molecule has 0 saturated carbocycles. The van der Waals surface area contributed by atoms with Crippen LogP contribution in [0.4, 0.5) is 13.2 Å².